The summed E-state index contributed by atoms with van der Waals surface area (Å²) < 4.78 is 27.1. The lowest BCUT2D eigenvalue weighted by Gasteiger charge is -2.43. The Kier molecular flexibility index (Phi) is 8.33. The zero-order chi connectivity index (χ0) is 25.3. The maximum Gasteiger partial charge on any atom is 0.266 e. The predicted octanol–water partition coefficient (Wildman–Crippen LogP) is 2.59. The molecular weight excluding hydrogens is 452 g/mol. The summed E-state index contributed by atoms with van der Waals surface area (Å²) >= 11 is 0. The number of amides is 1. The second-order valence-corrected chi connectivity index (χ2v) is 12.4. The normalized spacial score (nSPS) is 20.3. The summed E-state index contributed by atoms with van der Waals surface area (Å²) in [5, 5.41) is 12.4. The van der Waals surface area contributed by atoms with Crippen molar-refractivity contribution in [2.75, 3.05) is 44.2 Å². The van der Waals surface area contributed by atoms with Crippen LogP contribution in [0.25, 0.3) is 0 Å². The highest BCUT2D eigenvalue weighted by Gasteiger charge is 2.54. The van der Waals surface area contributed by atoms with E-state index in [0.29, 0.717) is 45.2 Å². The molecule has 0 bridgehead atoms. The molecule has 8 nitrogen and oxygen atoms in total. The van der Waals surface area contributed by atoms with Gasteiger partial charge in [-0.2, -0.15) is 4.31 Å². The molecule has 1 atom stereocenters. The van der Waals surface area contributed by atoms with E-state index in [9.17, 15) is 18.4 Å². The number of piperazine rings is 1. The molecule has 1 aromatic rings. The summed E-state index contributed by atoms with van der Waals surface area (Å²) in [6.07, 6.45) is 2.53. The van der Waals surface area contributed by atoms with Crippen molar-refractivity contribution in [1.82, 2.24) is 15.1 Å². The third kappa shape index (κ3) is 4.59. The van der Waals surface area contributed by atoms with Gasteiger partial charge in [0.15, 0.2) is 4.75 Å². The van der Waals surface area contributed by atoms with E-state index in [1.807, 2.05) is 0 Å². The smallest absolute Gasteiger partial charge is 0.266 e. The molecule has 2 aliphatic heterocycles. The number of carbonyl (C=O) groups is 1. The van der Waals surface area contributed by atoms with E-state index in [0.717, 1.165) is 12.8 Å². The van der Waals surface area contributed by atoms with Crippen LogP contribution in [0.15, 0.2) is 0 Å². The SMILES string of the molecule is CCC(C)Cc1c(C)c(C)c(N2CCN(S(=O)(=O)C3(C(=O)NO)CCNCC3)CC2)c(C)c1C. The van der Waals surface area contributed by atoms with Crippen molar-refractivity contribution in [2.24, 2.45) is 5.92 Å². The molecule has 0 aliphatic carbocycles. The predicted molar refractivity (Wildman–Crippen MR) is 136 cm³/mol. The molecule has 0 radical (unpaired) electrons. The van der Waals surface area contributed by atoms with Crippen LogP contribution < -0.4 is 15.7 Å². The Morgan fingerprint density at radius 3 is 2.03 bits per heavy atom. The number of benzene rings is 1. The first-order valence-corrected chi connectivity index (χ1v) is 13.9. The van der Waals surface area contributed by atoms with Crippen LogP contribution in [-0.2, 0) is 21.2 Å². The average Bonchev–Trinajstić information content (AvgIpc) is 2.85. The van der Waals surface area contributed by atoms with Crippen molar-refractivity contribution in [2.45, 2.75) is 72.0 Å². The zero-order valence-electron chi connectivity index (χ0n) is 21.6. The van der Waals surface area contributed by atoms with E-state index < -0.39 is 20.7 Å². The Morgan fingerprint density at radius 2 is 1.56 bits per heavy atom. The van der Waals surface area contributed by atoms with Gasteiger partial charge in [-0.3, -0.25) is 10.0 Å². The summed E-state index contributed by atoms with van der Waals surface area (Å²) in [5.41, 5.74) is 9.49. The lowest BCUT2D eigenvalue weighted by molar-refractivity contribution is -0.132. The summed E-state index contributed by atoms with van der Waals surface area (Å²) in [7, 11) is -3.93. The molecule has 2 fully saturated rings. The number of hydrogen-bond acceptors (Lipinski definition) is 6. The summed E-state index contributed by atoms with van der Waals surface area (Å²) in [5.74, 6) is -0.194. The Labute approximate surface area is 205 Å². The van der Waals surface area contributed by atoms with Gasteiger partial charge in [0, 0.05) is 31.9 Å². The Hall–Kier alpha value is -1.68. The van der Waals surface area contributed by atoms with E-state index in [1.54, 1.807) is 5.48 Å². The molecule has 1 aromatic carbocycles. The van der Waals surface area contributed by atoms with Crippen LogP contribution in [0.1, 0.15) is 60.9 Å². The summed E-state index contributed by atoms with van der Waals surface area (Å²) in [4.78, 5) is 14.8. The summed E-state index contributed by atoms with van der Waals surface area (Å²) in [6, 6.07) is 0. The lowest BCUT2D eigenvalue weighted by atomic mass is 9.86. The molecule has 34 heavy (non-hydrogen) atoms. The molecular formula is C25H42N4O4S. The zero-order valence-corrected chi connectivity index (χ0v) is 22.4. The van der Waals surface area contributed by atoms with Gasteiger partial charge in [-0.1, -0.05) is 20.3 Å². The average molecular weight is 495 g/mol. The van der Waals surface area contributed by atoms with E-state index in [-0.39, 0.29) is 12.8 Å². The third-order valence-corrected chi connectivity index (χ3v) is 10.9. The number of rotatable bonds is 7. The molecule has 1 unspecified atom stereocenters. The third-order valence-electron chi connectivity index (χ3n) is 8.31. The van der Waals surface area contributed by atoms with Crippen molar-refractivity contribution >= 4 is 21.6 Å². The minimum absolute atomic E-state index is 0.149. The van der Waals surface area contributed by atoms with Gasteiger partial charge in [-0.05, 0) is 93.8 Å². The Morgan fingerprint density at radius 1 is 1.03 bits per heavy atom. The first-order chi connectivity index (χ1) is 16.0. The van der Waals surface area contributed by atoms with Gasteiger partial charge >= 0.3 is 0 Å². The number of nitrogens with zero attached hydrogens (tertiary/aromatic N) is 2. The Bertz CT molecular complexity index is 981. The quantitative estimate of drug-likeness (QED) is 0.398. The fraction of sp³-hybridized carbons (Fsp3) is 0.720. The van der Waals surface area contributed by atoms with E-state index in [2.05, 4.69) is 51.8 Å². The summed E-state index contributed by atoms with van der Waals surface area (Å²) in [6.45, 7) is 15.9. The largest absolute Gasteiger partial charge is 0.368 e. The number of carbonyl (C=O) groups excluding carboxylic acids is 1. The minimum atomic E-state index is -3.93. The van der Waals surface area contributed by atoms with Crippen LogP contribution in [-0.4, -0.2) is 67.9 Å². The van der Waals surface area contributed by atoms with Gasteiger partial charge in [0.05, 0.1) is 0 Å². The number of hydroxylamine groups is 1. The van der Waals surface area contributed by atoms with Crippen molar-refractivity contribution in [3.8, 4) is 0 Å². The maximum absolute atomic E-state index is 13.6. The number of piperidine rings is 1. The van der Waals surface area contributed by atoms with Crippen LogP contribution >= 0.6 is 0 Å². The molecule has 192 valence electrons. The Balaban J connectivity index is 1.85. The first kappa shape index (κ1) is 26.9. The number of nitrogens with one attached hydrogen (secondary N) is 2. The van der Waals surface area contributed by atoms with Crippen molar-refractivity contribution in [1.29, 1.82) is 0 Å². The van der Waals surface area contributed by atoms with Crippen molar-refractivity contribution in [3.05, 3.63) is 27.8 Å². The second kappa shape index (κ2) is 10.5. The molecule has 1 amide bonds. The second-order valence-electron chi connectivity index (χ2n) is 10.1. The maximum atomic E-state index is 13.6. The molecule has 0 spiro atoms. The molecule has 2 saturated heterocycles. The van der Waals surface area contributed by atoms with Gasteiger partial charge < -0.3 is 10.2 Å². The standard InChI is InChI=1S/C25H42N4O4S/c1-7-17(2)16-22-18(3)20(5)23(21(6)19(22)4)28-12-14-29(15-13-28)34(32,33)25(24(30)27-31)8-10-26-11-9-25/h17,26,31H,7-16H2,1-6H3,(H,27,30). The minimum Gasteiger partial charge on any atom is -0.368 e. The fourth-order valence-corrected chi connectivity index (χ4v) is 7.72. The highest BCUT2D eigenvalue weighted by Crippen LogP contribution is 2.37. The van der Waals surface area contributed by atoms with Gasteiger partial charge in [0.2, 0.25) is 10.0 Å². The molecule has 0 saturated carbocycles. The van der Waals surface area contributed by atoms with Crippen LogP contribution in [0, 0.1) is 33.6 Å². The molecule has 2 heterocycles. The van der Waals surface area contributed by atoms with Crippen LogP contribution in [0.2, 0.25) is 0 Å². The topological polar surface area (TPSA) is 102 Å². The number of hydrogen-bond donors (Lipinski definition) is 3. The van der Waals surface area contributed by atoms with E-state index in [4.69, 9.17) is 0 Å². The highest BCUT2D eigenvalue weighted by atomic mass is 32.2. The van der Waals surface area contributed by atoms with Gasteiger partial charge in [-0.15, -0.1) is 0 Å². The molecule has 9 heteroatoms. The highest BCUT2D eigenvalue weighted by molar-refractivity contribution is 7.91. The molecule has 0 aromatic heterocycles. The number of anilines is 1. The van der Waals surface area contributed by atoms with E-state index in [1.165, 1.54) is 37.8 Å². The van der Waals surface area contributed by atoms with Crippen LogP contribution in [0.4, 0.5) is 5.69 Å². The van der Waals surface area contributed by atoms with Gasteiger partial charge in [-0.25, -0.2) is 13.9 Å². The van der Waals surface area contributed by atoms with Crippen LogP contribution in [0.3, 0.4) is 0 Å². The van der Waals surface area contributed by atoms with Crippen molar-refractivity contribution in [3.63, 3.8) is 0 Å². The van der Waals surface area contributed by atoms with Gasteiger partial charge in [0.1, 0.15) is 0 Å². The fourth-order valence-electron chi connectivity index (χ4n) is 5.58. The molecule has 2 aliphatic rings. The van der Waals surface area contributed by atoms with E-state index >= 15 is 0 Å². The monoisotopic (exact) mass is 494 g/mol. The first-order valence-electron chi connectivity index (χ1n) is 12.5. The molecule has 3 N–H and O–H groups in total. The molecule has 3 rings (SSSR count). The number of sulfonamides is 1. The lowest BCUT2D eigenvalue weighted by Crippen LogP contribution is -2.63. The van der Waals surface area contributed by atoms with Gasteiger partial charge in [0.25, 0.3) is 5.91 Å². The van der Waals surface area contributed by atoms with Crippen molar-refractivity contribution < 1.29 is 18.4 Å². The van der Waals surface area contributed by atoms with Crippen LogP contribution in [0.5, 0.6) is 0 Å².